The van der Waals surface area contributed by atoms with Crippen LogP contribution in [0.2, 0.25) is 0 Å². The van der Waals surface area contributed by atoms with Crippen LogP contribution in [0.3, 0.4) is 0 Å². The number of rotatable bonds is 18. The van der Waals surface area contributed by atoms with Crippen LogP contribution < -0.4 is 0 Å². The first-order valence-electron chi connectivity index (χ1n) is 32.8. The summed E-state index contributed by atoms with van der Waals surface area (Å²) in [6.45, 7) is 44.7. The Hall–Kier alpha value is 1.19. The molecule has 9 aliphatic heterocycles. The molecule has 9 fully saturated rings. The molecule has 4 unspecified atom stereocenters. The van der Waals surface area contributed by atoms with Crippen LogP contribution in [0, 0.1) is 0 Å². The summed E-state index contributed by atoms with van der Waals surface area (Å²) >= 11 is 0. The van der Waals surface area contributed by atoms with Crippen molar-refractivity contribution in [2.75, 3.05) is 99.1 Å². The van der Waals surface area contributed by atoms with Crippen molar-refractivity contribution in [2.45, 2.75) is 251 Å². The van der Waals surface area contributed by atoms with E-state index >= 15 is 0 Å². The molecule has 0 aromatic rings. The third-order valence-corrected chi connectivity index (χ3v) is 27.3. The van der Waals surface area contributed by atoms with Crippen molar-refractivity contribution in [3.8, 4) is 0 Å². The van der Waals surface area contributed by atoms with Gasteiger partial charge in [-0.3, -0.25) is 109 Å². The van der Waals surface area contributed by atoms with E-state index in [4.69, 9.17) is 122 Å². The van der Waals surface area contributed by atoms with Crippen LogP contribution in [0.1, 0.15) is 178 Å². The minimum atomic E-state index is -3.23. The van der Waals surface area contributed by atoms with Crippen LogP contribution in [0.15, 0.2) is 0 Å². The predicted molar refractivity (Wildman–Crippen MR) is 358 cm³/mol. The second-order valence-electron chi connectivity index (χ2n) is 21.3. The van der Waals surface area contributed by atoms with Gasteiger partial charge in [-0.05, 0) is 158 Å². The van der Waals surface area contributed by atoms with E-state index in [1.807, 2.05) is 90.0 Å². The number of hydrogen-bond acceptors (Lipinski definition) is 35. The molecule has 35 nitrogen and oxygen atoms in total. The average molecular weight is 1590 g/mol. The zero-order chi connectivity index (χ0) is 73.7. The van der Waals surface area contributed by atoms with E-state index in [1.165, 1.54) is 0 Å². The van der Waals surface area contributed by atoms with Crippen LogP contribution in [-0.2, 0) is 159 Å². The molecule has 0 aromatic heterocycles. The first kappa shape index (κ1) is 96.2. The third-order valence-electron chi connectivity index (χ3n) is 12.2. The van der Waals surface area contributed by atoms with Gasteiger partial charge in [-0.2, -0.15) is 0 Å². The molecule has 0 amide bonds. The fourth-order valence-corrected chi connectivity index (χ4v) is 20.9. The molecule has 0 radical (unpaired) electrons. The second kappa shape index (κ2) is 49.2. The molecule has 44 heteroatoms. The minimum Gasteiger partial charge on any atom is -0.313 e. The molecule has 97 heavy (non-hydrogen) atoms. The molecule has 9 saturated heterocycles. The van der Waals surface area contributed by atoms with Crippen molar-refractivity contribution in [3.05, 3.63) is 0 Å². The van der Waals surface area contributed by atoms with Crippen molar-refractivity contribution in [3.63, 3.8) is 0 Å². The van der Waals surface area contributed by atoms with Gasteiger partial charge in [-0.15, -0.1) is 0 Å². The summed E-state index contributed by atoms with van der Waals surface area (Å²) in [7, 11) is -26.4. The van der Waals surface area contributed by atoms with Gasteiger partial charge in [0, 0.05) is 19.3 Å². The first-order valence-corrected chi connectivity index (χ1v) is 45.6. The SMILES string of the molecule is CCOP1(=O)OC(C)C(C)O1.CCOP1(=O)OC(C)CC(C)O1.CCOP1(=O)OCCCO1.CCOP1(=O)OCCO1.CCOP1(=O)O[C@@H](C)C[C@H](C)O1.CCOP1(=O)O[C@@H](C)[C@H](C)O1.CCOP1(=O)O[C@H](C)C[C@@H](C)O1.CCOP1(=O)O[C@H](C)[C@@H](C)O1.CCOP1OCCCO1. The molecule has 0 N–H and O–H groups in total. The Morgan fingerprint density at radius 1 is 0.258 bits per heavy atom. The quantitative estimate of drug-likeness (QED) is 0.115. The molecule has 0 bridgehead atoms. The Balaban J connectivity index is 0.000000546. The van der Waals surface area contributed by atoms with E-state index in [9.17, 15) is 36.5 Å². The van der Waals surface area contributed by atoms with Gasteiger partial charge in [-0.25, -0.2) is 36.5 Å². The molecule has 0 spiro atoms. The molecule has 9 heterocycles. The largest absolute Gasteiger partial charge is 0.475 e. The van der Waals surface area contributed by atoms with Crippen molar-refractivity contribution in [1.29, 1.82) is 0 Å². The van der Waals surface area contributed by atoms with Gasteiger partial charge in [0.2, 0.25) is 0 Å². The molecule has 0 aromatic carbocycles. The highest BCUT2D eigenvalue weighted by Gasteiger charge is 2.44. The molecule has 582 valence electrons. The lowest BCUT2D eigenvalue weighted by Crippen LogP contribution is -2.24. The van der Waals surface area contributed by atoms with Crippen LogP contribution in [0.5, 0.6) is 0 Å². The minimum absolute atomic E-state index is 0.0499. The van der Waals surface area contributed by atoms with Crippen molar-refractivity contribution >= 4 is 71.2 Å². The van der Waals surface area contributed by atoms with E-state index in [1.54, 1.807) is 55.4 Å². The number of phosphoric ester groups is 8. The van der Waals surface area contributed by atoms with Gasteiger partial charge in [0.05, 0.1) is 172 Å². The highest BCUT2D eigenvalue weighted by atomic mass is 31.2. The van der Waals surface area contributed by atoms with Gasteiger partial charge in [0.15, 0.2) is 0 Å². The second-order valence-corrected chi connectivity index (χ2v) is 35.3. The lowest BCUT2D eigenvalue weighted by molar-refractivity contribution is 0.00317. The maximum absolute atomic E-state index is 11.6. The van der Waals surface area contributed by atoms with E-state index in [2.05, 4.69) is 0 Å². The lowest BCUT2D eigenvalue weighted by Gasteiger charge is -2.30. The molecule has 9 rings (SSSR count). The summed E-state index contributed by atoms with van der Waals surface area (Å²) in [5.41, 5.74) is 0. The van der Waals surface area contributed by atoms with E-state index in [0.717, 1.165) is 45.3 Å². The Morgan fingerprint density at radius 2 is 0.443 bits per heavy atom. The standard InChI is InChI=1S/3C7H15O4P.3C6H13O4P.C5H11O4P.C5H11O3P.C4H9O4P/c3*1-4-9-12(8)10-6(2)5-7(3)11-12;3*1-4-8-11(7)9-5(2)6(3)10-11;1-2-7-10(6)8-4-3-5-9-10;1-2-6-9-7-4-3-5-8-9;1-2-6-9(5)7-3-4-8-9/h3*6-7H,4-5H2,1-3H3;3*5-6H,4H2,1-3H3;2-5H2,1H3;2-5H2,1H3;2-4H2,1H3/t2*6-,7-;;2*5-,6-;;;;/m10.10..../s1. The summed E-state index contributed by atoms with van der Waals surface area (Å²) in [5.74, 6) is 0. The highest BCUT2D eigenvalue weighted by molar-refractivity contribution is 7.50. The zero-order valence-corrected chi connectivity index (χ0v) is 68.4. The maximum Gasteiger partial charge on any atom is 0.475 e. The predicted octanol–water partition coefficient (Wildman–Crippen LogP) is 17.3. The Morgan fingerprint density at radius 3 is 0.649 bits per heavy atom. The normalized spacial score (nSPS) is 36.0. The molecule has 0 saturated carbocycles. The smallest absolute Gasteiger partial charge is 0.313 e. The Kier molecular flexibility index (Phi) is 48.8. The molecular weight excluding hydrogens is 1480 g/mol. The van der Waals surface area contributed by atoms with Crippen molar-refractivity contribution < 1.29 is 159 Å². The van der Waals surface area contributed by atoms with Gasteiger partial charge in [0.25, 0.3) is 0 Å². The van der Waals surface area contributed by atoms with Crippen LogP contribution in [-0.4, -0.2) is 172 Å². The Labute approximate surface area is 577 Å². The fraction of sp³-hybridized carbons (Fsp3) is 1.00. The van der Waals surface area contributed by atoms with Crippen LogP contribution in [0.4, 0.5) is 0 Å². The average Bonchev–Trinajstić information content (AvgIpc) is 1.87. The topological polar surface area (TPSA) is 386 Å². The zero-order valence-electron chi connectivity index (χ0n) is 60.4. The molecule has 9 aliphatic rings. The molecule has 0 aliphatic carbocycles. The summed E-state index contributed by atoms with van der Waals surface area (Å²) in [6, 6.07) is 0. The van der Waals surface area contributed by atoms with E-state index < -0.39 is 71.2 Å². The van der Waals surface area contributed by atoms with Gasteiger partial charge < -0.3 is 13.6 Å². The maximum atomic E-state index is 11.6. The highest BCUT2D eigenvalue weighted by Crippen LogP contribution is 2.61. The summed E-state index contributed by atoms with van der Waals surface area (Å²) in [4.78, 5) is 0. The lowest BCUT2D eigenvalue weighted by atomic mass is 10.2. The summed E-state index contributed by atoms with van der Waals surface area (Å²) < 4.78 is 225. The monoisotopic (exact) mass is 1590 g/mol. The van der Waals surface area contributed by atoms with E-state index in [0.29, 0.717) is 85.9 Å². The van der Waals surface area contributed by atoms with Gasteiger partial charge in [-0.1, -0.05) is 0 Å². The first-order chi connectivity index (χ1) is 45.4. The Bertz CT molecular complexity index is 2210. The van der Waals surface area contributed by atoms with E-state index in [-0.39, 0.29) is 73.2 Å². The summed E-state index contributed by atoms with van der Waals surface area (Å²) in [5, 5.41) is 0. The molecular formula is C53H115O35P9. The van der Waals surface area contributed by atoms with Crippen molar-refractivity contribution in [2.24, 2.45) is 0 Å². The van der Waals surface area contributed by atoms with Crippen molar-refractivity contribution in [1.82, 2.24) is 0 Å². The van der Waals surface area contributed by atoms with Gasteiger partial charge >= 0.3 is 71.2 Å². The third kappa shape index (κ3) is 40.6. The van der Waals surface area contributed by atoms with Gasteiger partial charge in [0.1, 0.15) is 0 Å². The molecule has 12 atom stereocenters. The fourth-order valence-electron chi connectivity index (χ4n) is 7.99. The van der Waals surface area contributed by atoms with Crippen LogP contribution in [0.25, 0.3) is 0 Å². The number of phosphoric acid groups is 8. The summed E-state index contributed by atoms with van der Waals surface area (Å²) in [6.07, 6.45) is 2.89. The number of hydrogen-bond donors (Lipinski definition) is 0. The van der Waals surface area contributed by atoms with Crippen LogP contribution >= 0.6 is 71.2 Å².